The Morgan fingerprint density at radius 2 is 1.92 bits per heavy atom. The van der Waals surface area contributed by atoms with Gasteiger partial charge in [-0.1, -0.05) is 40.7 Å². The van der Waals surface area contributed by atoms with Gasteiger partial charge in [-0.05, 0) is 30.5 Å². The number of hydrogen-bond donors (Lipinski definition) is 0. The zero-order valence-corrected chi connectivity index (χ0v) is 19.0. The molecule has 0 saturated carbocycles. The summed E-state index contributed by atoms with van der Waals surface area (Å²) in [5.74, 6) is -0.114. The summed E-state index contributed by atoms with van der Waals surface area (Å²) in [6, 6.07) is 16.2. The quantitative estimate of drug-likeness (QED) is 0.484. The van der Waals surface area contributed by atoms with Crippen molar-refractivity contribution in [2.75, 3.05) is 11.4 Å². The van der Waals surface area contributed by atoms with Crippen molar-refractivity contribution in [3.05, 3.63) is 64.1 Å². The van der Waals surface area contributed by atoms with Gasteiger partial charge in [0.05, 0.1) is 0 Å². The third-order valence-corrected chi connectivity index (χ3v) is 5.63. The van der Waals surface area contributed by atoms with Gasteiger partial charge in [-0.15, -0.1) is 6.07 Å². The van der Waals surface area contributed by atoms with Crippen LogP contribution in [0, 0.1) is 13.0 Å². The summed E-state index contributed by atoms with van der Waals surface area (Å²) in [4.78, 5) is 29.4. The second-order valence-corrected chi connectivity index (χ2v) is 7.70. The van der Waals surface area contributed by atoms with Gasteiger partial charge in [0.2, 0.25) is 5.91 Å². The van der Waals surface area contributed by atoms with Gasteiger partial charge in [0.25, 0.3) is 0 Å². The summed E-state index contributed by atoms with van der Waals surface area (Å²) in [5.41, 5.74) is 1.90. The first-order valence-corrected chi connectivity index (χ1v) is 9.19. The number of amides is 3. The first-order chi connectivity index (χ1) is 12.0. The van der Waals surface area contributed by atoms with E-state index >= 15 is 0 Å². The second kappa shape index (κ2) is 7.53. The van der Waals surface area contributed by atoms with Gasteiger partial charge in [0.15, 0.2) is 0 Å². The number of carbonyl (C=O) groups is 2. The Hall–Kier alpha value is -1.04. The van der Waals surface area contributed by atoms with Crippen LogP contribution in [0.5, 0.6) is 0 Å². The smallest absolute Gasteiger partial charge is 0.310 e. The summed E-state index contributed by atoms with van der Waals surface area (Å²) >= 11 is 3.44. The molecule has 0 N–H and O–H groups in total. The van der Waals surface area contributed by atoms with Crippen LogP contribution in [-0.2, 0) is 43.9 Å². The van der Waals surface area contributed by atoms with Crippen molar-refractivity contribution in [3.63, 3.8) is 0 Å². The fourth-order valence-corrected chi connectivity index (χ4v) is 4.19. The van der Waals surface area contributed by atoms with Gasteiger partial charge >= 0.3 is 38.7 Å². The van der Waals surface area contributed by atoms with Crippen molar-refractivity contribution >= 4 is 33.6 Å². The van der Waals surface area contributed by atoms with Crippen LogP contribution in [0.2, 0.25) is 0 Å². The topological polar surface area (TPSA) is 40.6 Å². The number of rotatable bonds is 3. The van der Waals surface area contributed by atoms with Crippen molar-refractivity contribution in [2.45, 2.75) is 31.7 Å². The van der Waals surface area contributed by atoms with Crippen LogP contribution in [0.25, 0.3) is 0 Å². The maximum absolute atomic E-state index is 13.3. The van der Waals surface area contributed by atoms with Crippen molar-refractivity contribution in [2.24, 2.45) is 0 Å². The molecule has 2 aromatic carbocycles. The van der Waals surface area contributed by atoms with Crippen LogP contribution in [0.1, 0.15) is 24.0 Å². The van der Waals surface area contributed by atoms with E-state index in [1.54, 1.807) is 11.0 Å². The maximum Gasteiger partial charge on any atom is 3.00 e. The number of anilines is 1. The number of benzene rings is 2. The van der Waals surface area contributed by atoms with Crippen LogP contribution in [-0.4, -0.2) is 28.9 Å². The second-order valence-electron chi connectivity index (χ2n) is 6.78. The minimum Gasteiger partial charge on any atom is -0.310 e. The average molecular weight is 487 g/mol. The van der Waals surface area contributed by atoms with Gasteiger partial charge in [-0.2, -0.15) is 23.8 Å². The predicted molar refractivity (Wildman–Crippen MR) is 99.4 cm³/mol. The van der Waals surface area contributed by atoms with Crippen molar-refractivity contribution in [3.8, 4) is 0 Å². The van der Waals surface area contributed by atoms with E-state index in [9.17, 15) is 9.59 Å². The summed E-state index contributed by atoms with van der Waals surface area (Å²) in [6.45, 7) is 2.57. The molecule has 0 bridgehead atoms. The normalized spacial score (nSPS) is 21.8. The fourth-order valence-electron chi connectivity index (χ4n) is 3.93. The van der Waals surface area contributed by atoms with E-state index in [4.69, 9.17) is 0 Å². The Labute approximate surface area is 186 Å². The first-order valence-electron chi connectivity index (χ1n) is 8.40. The number of carbonyl (C=O) groups excluding carboxylic acids is 2. The standard InChI is InChI=1S/C20H18BrN2O2.Y/c1-14-4-2-5-17(12-14)23-18(24)20(10-3-11-22(20)19(23)25)13-15-6-8-16(21)9-7-15;/h4-9,12H,3,10-11,13H2,1H3;/q-1;+3. The number of fused-ring (bicyclic) bond motifs is 1. The molecule has 2 aliphatic heterocycles. The van der Waals surface area contributed by atoms with E-state index in [2.05, 4.69) is 22.0 Å². The summed E-state index contributed by atoms with van der Waals surface area (Å²) < 4.78 is 1.00. The molecule has 0 spiro atoms. The van der Waals surface area contributed by atoms with Gasteiger partial charge in [0, 0.05) is 17.4 Å². The number of imide groups is 1. The molecular weight excluding hydrogens is 469 g/mol. The molecule has 4 rings (SSSR count). The Bertz CT molecular complexity index is 855. The molecule has 2 heterocycles. The molecule has 2 fully saturated rings. The third kappa shape index (κ3) is 3.19. The summed E-state index contributed by atoms with van der Waals surface area (Å²) in [7, 11) is 0. The minimum atomic E-state index is -0.755. The van der Waals surface area contributed by atoms with Gasteiger partial charge in [-0.3, -0.25) is 9.69 Å². The Morgan fingerprint density at radius 1 is 1.19 bits per heavy atom. The van der Waals surface area contributed by atoms with Crippen molar-refractivity contribution in [1.82, 2.24) is 4.90 Å². The zero-order chi connectivity index (χ0) is 17.6. The molecule has 2 saturated heterocycles. The largest absolute Gasteiger partial charge is 3.00 e. The molecule has 0 radical (unpaired) electrons. The molecule has 2 aromatic rings. The molecule has 0 aromatic heterocycles. The Kier molecular flexibility index (Phi) is 5.71. The van der Waals surface area contributed by atoms with Crippen LogP contribution < -0.4 is 4.90 Å². The van der Waals surface area contributed by atoms with E-state index in [-0.39, 0.29) is 44.6 Å². The van der Waals surface area contributed by atoms with Crippen molar-refractivity contribution in [1.29, 1.82) is 0 Å². The molecule has 2 aliphatic rings. The molecule has 4 nitrogen and oxygen atoms in total. The van der Waals surface area contributed by atoms with Crippen LogP contribution in [0.4, 0.5) is 10.5 Å². The summed E-state index contributed by atoms with van der Waals surface area (Å²) in [5, 5.41) is 0. The summed E-state index contributed by atoms with van der Waals surface area (Å²) in [6.07, 6.45) is 2.12. The molecule has 128 valence electrons. The van der Waals surface area contributed by atoms with Gasteiger partial charge in [-0.25, -0.2) is 4.79 Å². The monoisotopic (exact) mass is 486 g/mol. The van der Waals surface area contributed by atoms with Crippen LogP contribution in [0.15, 0.2) is 46.9 Å². The molecule has 1 unspecified atom stereocenters. The number of aryl methyl sites for hydroxylation is 1. The third-order valence-electron chi connectivity index (χ3n) is 5.10. The number of nitrogens with zero attached hydrogens (tertiary/aromatic N) is 2. The fraction of sp³-hybridized carbons (Fsp3) is 0.300. The van der Waals surface area contributed by atoms with E-state index in [1.165, 1.54) is 4.90 Å². The SMILES string of the molecule is Cc1c[c-]cc(N2C(=O)N3CCCC3(Cc3ccc(Br)cc3)C2=O)c1.[Y+3]. The van der Waals surface area contributed by atoms with E-state index in [1.807, 2.05) is 43.3 Å². The van der Waals surface area contributed by atoms with E-state index < -0.39 is 5.54 Å². The number of halogens is 1. The number of hydrogen-bond acceptors (Lipinski definition) is 2. The van der Waals surface area contributed by atoms with Crippen molar-refractivity contribution < 1.29 is 42.3 Å². The Balaban J connectivity index is 0.00000196. The zero-order valence-electron chi connectivity index (χ0n) is 14.5. The van der Waals surface area contributed by atoms with Gasteiger partial charge in [0.1, 0.15) is 5.54 Å². The average Bonchev–Trinajstić information content (AvgIpc) is 3.09. The van der Waals surface area contributed by atoms with Crippen LogP contribution >= 0.6 is 15.9 Å². The minimum absolute atomic E-state index is 0. The molecule has 1 atom stereocenters. The molecule has 6 heteroatoms. The molecule has 3 amide bonds. The molecule has 0 aliphatic carbocycles. The van der Waals surface area contributed by atoms with E-state index in [0.717, 1.165) is 22.0 Å². The van der Waals surface area contributed by atoms with Crippen LogP contribution in [0.3, 0.4) is 0 Å². The van der Waals surface area contributed by atoms with Gasteiger partial charge < -0.3 is 4.90 Å². The molecule has 26 heavy (non-hydrogen) atoms. The van der Waals surface area contributed by atoms with E-state index in [0.29, 0.717) is 25.1 Å². The first kappa shape index (κ1) is 19.7. The predicted octanol–water partition coefficient (Wildman–Crippen LogP) is 4.10. The maximum atomic E-state index is 13.3. The number of urea groups is 1. The molecular formula is C20H18BrN2O2Y+2. The Morgan fingerprint density at radius 3 is 2.62 bits per heavy atom.